The second kappa shape index (κ2) is 6.28. The van der Waals surface area contributed by atoms with Gasteiger partial charge in [0.05, 0.1) is 6.34 Å². The molecule has 4 aliphatic heterocycles. The van der Waals surface area contributed by atoms with E-state index >= 15 is 0 Å². The molecule has 0 amide bonds. The quantitative estimate of drug-likeness (QED) is 0.299. The van der Waals surface area contributed by atoms with E-state index < -0.39 is 42.5 Å². The van der Waals surface area contributed by atoms with Crippen molar-refractivity contribution in [1.29, 1.82) is 5.41 Å². The Kier molecular flexibility index (Phi) is 4.32. The third-order valence-corrected chi connectivity index (χ3v) is 5.09. The first-order valence-corrected chi connectivity index (χ1v) is 9.10. The minimum absolute atomic E-state index is 0.159. The molecule has 2 saturated heterocycles. The summed E-state index contributed by atoms with van der Waals surface area (Å²) in [6.45, 7) is 3.43. The highest BCUT2D eigenvalue weighted by Crippen LogP contribution is 2.41. The van der Waals surface area contributed by atoms with Gasteiger partial charge in [0.1, 0.15) is 37.1 Å². The van der Waals surface area contributed by atoms with E-state index in [0.717, 1.165) is 0 Å². The molecule has 0 aromatic carbocycles. The van der Waals surface area contributed by atoms with Gasteiger partial charge in [0, 0.05) is 0 Å². The van der Waals surface area contributed by atoms with Gasteiger partial charge in [-0.3, -0.25) is 10.4 Å². The van der Waals surface area contributed by atoms with Gasteiger partial charge < -0.3 is 34.3 Å². The Morgan fingerprint density at radius 2 is 2.23 bits per heavy atom. The summed E-state index contributed by atoms with van der Waals surface area (Å²) in [4.78, 5) is 21.0. The summed E-state index contributed by atoms with van der Waals surface area (Å²) in [6.07, 6.45) is -2.19. The van der Waals surface area contributed by atoms with E-state index in [9.17, 15) is 4.79 Å². The van der Waals surface area contributed by atoms with E-state index in [1.165, 1.54) is 0 Å². The zero-order chi connectivity index (χ0) is 18.6. The van der Waals surface area contributed by atoms with Gasteiger partial charge in [-0.05, 0) is 36.4 Å². The molecule has 4 aliphatic rings. The Hall–Kier alpha value is -1.51. The number of halogens is 1. The zero-order valence-corrected chi connectivity index (χ0v) is 16.1. The largest absolute Gasteiger partial charge is 0.505 e. The fourth-order valence-electron chi connectivity index (χ4n) is 3.58. The number of nitrogens with one attached hydrogen (secondary N) is 2. The molecule has 26 heavy (non-hydrogen) atoms. The second-order valence-electron chi connectivity index (χ2n) is 6.74. The van der Waals surface area contributed by atoms with Crippen LogP contribution in [0.1, 0.15) is 13.8 Å². The van der Waals surface area contributed by atoms with Crippen LogP contribution in [0.25, 0.3) is 0 Å². The van der Waals surface area contributed by atoms with Crippen LogP contribution in [0.2, 0.25) is 0 Å². The number of nitrogens with zero attached hydrogens (tertiary/aromatic N) is 3. The number of carbonyl (C=O) groups is 1. The van der Waals surface area contributed by atoms with E-state index in [-0.39, 0.29) is 18.6 Å². The van der Waals surface area contributed by atoms with Gasteiger partial charge >= 0.3 is 6.16 Å². The van der Waals surface area contributed by atoms with Crippen LogP contribution in [0.4, 0.5) is 4.79 Å². The lowest BCUT2D eigenvalue weighted by Gasteiger charge is -2.36. The molecule has 0 aliphatic carbocycles. The molecular formula is C14H18IN5O6. The maximum absolute atomic E-state index is 10.7. The van der Waals surface area contributed by atoms with Crippen LogP contribution in [-0.4, -0.2) is 81.3 Å². The zero-order valence-electron chi connectivity index (χ0n) is 14.0. The van der Waals surface area contributed by atoms with E-state index in [2.05, 4.69) is 20.0 Å². The van der Waals surface area contributed by atoms with E-state index in [0.29, 0.717) is 3.84 Å². The van der Waals surface area contributed by atoms with Crippen LogP contribution in [0.15, 0.2) is 9.98 Å². The van der Waals surface area contributed by atoms with Crippen molar-refractivity contribution in [1.82, 2.24) is 10.2 Å². The minimum atomic E-state index is -1.37. The molecular weight excluding hydrogens is 461 g/mol. The van der Waals surface area contributed by atoms with Crippen LogP contribution in [0.3, 0.4) is 0 Å². The molecule has 0 aromatic rings. The average Bonchev–Trinajstić information content (AvgIpc) is 3.16. The number of hydrogen-bond acceptors (Lipinski definition) is 9. The van der Waals surface area contributed by atoms with Crippen molar-refractivity contribution in [2.75, 3.05) is 6.61 Å². The fourth-order valence-corrected chi connectivity index (χ4v) is 4.15. The van der Waals surface area contributed by atoms with Crippen LogP contribution in [-0.2, 0) is 18.9 Å². The van der Waals surface area contributed by atoms with Crippen molar-refractivity contribution in [2.45, 2.75) is 56.4 Å². The Bertz CT molecular complexity index is 699. The van der Waals surface area contributed by atoms with E-state index in [1.807, 2.05) is 27.5 Å². The number of aliphatic imine (C=N–C) groups is 2. The SMILES string of the molecule is CC1(C)O[C@@H]2[C@H](O1)[C@@H](COC(=O)O)O[C@H]2N1C=NC2C(=N)N=C(I)NC21. The number of fused-ring (bicyclic) bond motifs is 2. The van der Waals surface area contributed by atoms with Crippen molar-refractivity contribution in [3.05, 3.63) is 0 Å². The van der Waals surface area contributed by atoms with Crippen molar-refractivity contribution < 1.29 is 28.8 Å². The molecule has 0 bridgehead atoms. The first-order valence-electron chi connectivity index (χ1n) is 8.02. The molecule has 0 aromatic heterocycles. The van der Waals surface area contributed by atoms with Crippen molar-refractivity contribution in [3.8, 4) is 0 Å². The highest BCUT2D eigenvalue weighted by molar-refractivity contribution is 14.1. The lowest BCUT2D eigenvalue weighted by Crippen LogP contribution is -2.59. The maximum atomic E-state index is 10.7. The summed E-state index contributed by atoms with van der Waals surface area (Å²) in [5.74, 6) is -0.654. The third-order valence-electron chi connectivity index (χ3n) is 4.54. The number of ether oxygens (including phenoxy) is 4. The van der Waals surface area contributed by atoms with Crippen molar-refractivity contribution >= 4 is 44.8 Å². The molecule has 2 unspecified atom stereocenters. The molecule has 3 N–H and O–H groups in total. The lowest BCUT2D eigenvalue weighted by molar-refractivity contribution is -0.205. The van der Waals surface area contributed by atoms with Gasteiger partial charge in [-0.2, -0.15) is 0 Å². The van der Waals surface area contributed by atoms with Crippen LogP contribution in [0.5, 0.6) is 0 Å². The van der Waals surface area contributed by atoms with Crippen LogP contribution in [0, 0.1) is 5.41 Å². The lowest BCUT2D eigenvalue weighted by atomic mass is 10.1. The number of amidine groups is 2. The van der Waals surface area contributed by atoms with Gasteiger partial charge in [0.2, 0.25) is 0 Å². The molecule has 0 saturated carbocycles. The first kappa shape index (κ1) is 17.9. The second-order valence-corrected chi connectivity index (χ2v) is 7.76. The standard InChI is InChI=1S/C14H18IN5O6/c1-14(2)25-7-5(3-23-13(21)22)24-11(8(7)26-14)20-4-17-6-9(16)18-12(15)19-10(6)20/h4-8,10-11H,3H2,1-2H3,(H,21,22)(H2,16,18,19)/t5-,6?,7-,8-,10?,11-/m1/s1. The van der Waals surface area contributed by atoms with Crippen LogP contribution >= 0.6 is 22.6 Å². The van der Waals surface area contributed by atoms with Gasteiger partial charge in [0.25, 0.3) is 0 Å². The third kappa shape index (κ3) is 3.04. The fraction of sp³-hybridized carbons (Fsp3) is 0.714. The summed E-state index contributed by atoms with van der Waals surface area (Å²) in [6, 6.07) is -0.444. The molecule has 0 radical (unpaired) electrons. The van der Waals surface area contributed by atoms with E-state index in [1.54, 1.807) is 20.2 Å². The summed E-state index contributed by atoms with van der Waals surface area (Å²) < 4.78 is 23.2. The topological polar surface area (TPSA) is 138 Å². The van der Waals surface area contributed by atoms with Crippen LogP contribution < -0.4 is 5.32 Å². The summed E-state index contributed by atoms with van der Waals surface area (Å²) in [7, 11) is 0. The molecule has 12 heteroatoms. The Morgan fingerprint density at radius 1 is 1.50 bits per heavy atom. The number of carboxylic acid groups (broad SMARTS) is 1. The van der Waals surface area contributed by atoms with E-state index in [4.69, 9.17) is 24.7 Å². The van der Waals surface area contributed by atoms with Crippen molar-refractivity contribution in [2.24, 2.45) is 9.98 Å². The normalized spacial score (nSPS) is 40.0. The molecule has 0 spiro atoms. The highest BCUT2D eigenvalue weighted by Gasteiger charge is 2.59. The van der Waals surface area contributed by atoms with Crippen molar-refractivity contribution in [3.63, 3.8) is 0 Å². The Balaban J connectivity index is 1.56. The monoisotopic (exact) mass is 479 g/mol. The minimum Gasteiger partial charge on any atom is -0.450 e. The van der Waals surface area contributed by atoms with Gasteiger partial charge in [0.15, 0.2) is 21.7 Å². The molecule has 11 nitrogen and oxygen atoms in total. The molecule has 6 atom stereocenters. The molecule has 142 valence electrons. The molecule has 4 rings (SSSR count). The Morgan fingerprint density at radius 3 is 2.96 bits per heavy atom. The molecule has 2 fully saturated rings. The molecule has 4 heterocycles. The maximum Gasteiger partial charge on any atom is 0.505 e. The summed E-state index contributed by atoms with van der Waals surface area (Å²) in [5.41, 5.74) is 0. The van der Waals surface area contributed by atoms with Gasteiger partial charge in [-0.1, -0.05) is 0 Å². The van der Waals surface area contributed by atoms with Gasteiger partial charge in [-0.15, -0.1) is 0 Å². The number of hydrogen-bond donors (Lipinski definition) is 3. The summed E-state index contributed by atoms with van der Waals surface area (Å²) >= 11 is 2.02. The predicted molar refractivity (Wildman–Crippen MR) is 96.7 cm³/mol. The predicted octanol–water partition coefficient (Wildman–Crippen LogP) is 0.336. The number of rotatable bonds is 3. The first-order chi connectivity index (χ1) is 12.2. The highest BCUT2D eigenvalue weighted by atomic mass is 127. The summed E-state index contributed by atoms with van der Waals surface area (Å²) in [5, 5.41) is 20.0. The smallest absolute Gasteiger partial charge is 0.450 e. The van der Waals surface area contributed by atoms with Gasteiger partial charge in [-0.25, -0.2) is 9.79 Å². The Labute approximate surface area is 162 Å². The average molecular weight is 479 g/mol.